The second kappa shape index (κ2) is 4.19. The van der Waals surface area contributed by atoms with Crippen LogP contribution in [0, 0.1) is 0 Å². The van der Waals surface area contributed by atoms with Gasteiger partial charge < -0.3 is 0 Å². The van der Waals surface area contributed by atoms with E-state index in [-0.39, 0.29) is 4.90 Å². The minimum atomic E-state index is -3.43. The highest BCUT2D eigenvalue weighted by atomic mass is 32.2. The van der Waals surface area contributed by atoms with E-state index >= 15 is 0 Å². The summed E-state index contributed by atoms with van der Waals surface area (Å²) in [5, 5.41) is 1.51. The zero-order chi connectivity index (χ0) is 11.6. The SMILES string of the molecule is CCNS(=O)(=O)c1cccc2ccncc12. The number of nitrogens with zero attached hydrogens (tertiary/aromatic N) is 1. The third kappa shape index (κ3) is 1.91. The predicted octanol–water partition coefficient (Wildman–Crippen LogP) is 1.53. The van der Waals surface area contributed by atoms with Crippen molar-refractivity contribution in [3.8, 4) is 0 Å². The Morgan fingerprint density at radius 3 is 2.88 bits per heavy atom. The summed E-state index contributed by atoms with van der Waals surface area (Å²) >= 11 is 0. The van der Waals surface area contributed by atoms with Gasteiger partial charge in [0.2, 0.25) is 10.0 Å². The highest BCUT2D eigenvalue weighted by Crippen LogP contribution is 2.21. The molecular formula is C11H12N2O2S. The molecule has 0 bridgehead atoms. The van der Waals surface area contributed by atoms with Crippen molar-refractivity contribution in [3.63, 3.8) is 0 Å². The van der Waals surface area contributed by atoms with Gasteiger partial charge in [-0.3, -0.25) is 4.98 Å². The number of hydrogen-bond acceptors (Lipinski definition) is 3. The molecule has 2 rings (SSSR count). The van der Waals surface area contributed by atoms with E-state index in [1.165, 1.54) is 0 Å². The molecule has 5 heteroatoms. The fraction of sp³-hybridized carbons (Fsp3) is 0.182. The molecule has 0 aliphatic heterocycles. The van der Waals surface area contributed by atoms with E-state index in [0.717, 1.165) is 5.39 Å². The molecule has 0 spiro atoms. The molecule has 1 N–H and O–H groups in total. The number of fused-ring (bicyclic) bond motifs is 1. The van der Waals surface area contributed by atoms with Crippen molar-refractivity contribution in [2.75, 3.05) is 6.54 Å². The highest BCUT2D eigenvalue weighted by molar-refractivity contribution is 7.89. The summed E-state index contributed by atoms with van der Waals surface area (Å²) in [5.74, 6) is 0. The van der Waals surface area contributed by atoms with Crippen LogP contribution in [0.3, 0.4) is 0 Å². The lowest BCUT2D eigenvalue weighted by atomic mass is 10.2. The second-order valence-electron chi connectivity index (χ2n) is 3.35. The zero-order valence-corrected chi connectivity index (χ0v) is 9.66. The van der Waals surface area contributed by atoms with Crippen molar-refractivity contribution < 1.29 is 8.42 Å². The second-order valence-corrected chi connectivity index (χ2v) is 5.09. The number of benzene rings is 1. The van der Waals surface area contributed by atoms with Gasteiger partial charge in [-0.15, -0.1) is 0 Å². The molecule has 0 saturated heterocycles. The molecule has 2 aromatic rings. The zero-order valence-electron chi connectivity index (χ0n) is 8.84. The maximum absolute atomic E-state index is 11.9. The third-order valence-corrected chi connectivity index (χ3v) is 3.87. The number of hydrogen-bond donors (Lipinski definition) is 1. The molecule has 84 valence electrons. The molecule has 1 aromatic heterocycles. The standard InChI is InChI=1S/C11H12N2O2S/c1-2-13-16(14,15)11-5-3-4-9-6-7-12-8-10(9)11/h3-8,13H,2H2,1H3. The van der Waals surface area contributed by atoms with Gasteiger partial charge in [0.05, 0.1) is 4.90 Å². The van der Waals surface area contributed by atoms with Gasteiger partial charge in [0.25, 0.3) is 0 Å². The minimum Gasteiger partial charge on any atom is -0.264 e. The largest absolute Gasteiger partial charge is 0.264 e. The number of aromatic nitrogens is 1. The Balaban J connectivity index is 2.70. The van der Waals surface area contributed by atoms with Gasteiger partial charge in [-0.05, 0) is 17.5 Å². The Hall–Kier alpha value is -1.46. The van der Waals surface area contributed by atoms with Crippen LogP contribution in [0.5, 0.6) is 0 Å². The van der Waals surface area contributed by atoms with Crippen molar-refractivity contribution in [1.82, 2.24) is 9.71 Å². The predicted molar refractivity (Wildman–Crippen MR) is 62.6 cm³/mol. The third-order valence-electron chi connectivity index (χ3n) is 2.27. The van der Waals surface area contributed by atoms with E-state index in [2.05, 4.69) is 9.71 Å². The first kappa shape index (κ1) is 11.0. The van der Waals surface area contributed by atoms with Crippen LogP contribution in [-0.4, -0.2) is 19.9 Å². The summed E-state index contributed by atoms with van der Waals surface area (Å²) in [7, 11) is -3.43. The van der Waals surface area contributed by atoms with Gasteiger partial charge in [0.1, 0.15) is 0 Å². The Morgan fingerprint density at radius 1 is 1.31 bits per heavy atom. The average molecular weight is 236 g/mol. The van der Waals surface area contributed by atoms with Crippen LogP contribution in [0.1, 0.15) is 6.92 Å². The minimum absolute atomic E-state index is 0.278. The summed E-state index contributed by atoms with van der Waals surface area (Å²) in [4.78, 5) is 4.23. The van der Waals surface area contributed by atoms with Crippen molar-refractivity contribution in [2.45, 2.75) is 11.8 Å². The Bertz CT molecular complexity index is 603. The van der Waals surface area contributed by atoms with E-state index in [4.69, 9.17) is 0 Å². The molecule has 16 heavy (non-hydrogen) atoms. The van der Waals surface area contributed by atoms with E-state index < -0.39 is 10.0 Å². The van der Waals surface area contributed by atoms with Crippen molar-refractivity contribution in [3.05, 3.63) is 36.7 Å². The molecule has 0 fully saturated rings. The van der Waals surface area contributed by atoms with Crippen LogP contribution < -0.4 is 4.72 Å². The van der Waals surface area contributed by atoms with Crippen LogP contribution in [0.4, 0.5) is 0 Å². The lowest BCUT2D eigenvalue weighted by molar-refractivity contribution is 0.585. The lowest BCUT2D eigenvalue weighted by Crippen LogP contribution is -2.23. The molecule has 0 unspecified atom stereocenters. The maximum Gasteiger partial charge on any atom is 0.241 e. The van der Waals surface area contributed by atoms with Gasteiger partial charge in [-0.2, -0.15) is 0 Å². The monoisotopic (exact) mass is 236 g/mol. The number of sulfonamides is 1. The first-order valence-electron chi connectivity index (χ1n) is 4.97. The normalized spacial score (nSPS) is 11.8. The Kier molecular flexibility index (Phi) is 2.89. The smallest absolute Gasteiger partial charge is 0.241 e. The maximum atomic E-state index is 11.9. The fourth-order valence-corrected chi connectivity index (χ4v) is 2.84. The van der Waals surface area contributed by atoms with Gasteiger partial charge in [-0.1, -0.05) is 19.1 Å². The summed E-state index contributed by atoms with van der Waals surface area (Å²) in [6, 6.07) is 6.97. The average Bonchev–Trinajstić information content (AvgIpc) is 2.28. The molecular weight excluding hydrogens is 224 g/mol. The molecule has 0 saturated carbocycles. The summed E-state index contributed by atoms with van der Waals surface area (Å²) in [6.07, 6.45) is 3.21. The van der Waals surface area contributed by atoms with Gasteiger partial charge >= 0.3 is 0 Å². The molecule has 0 radical (unpaired) electrons. The van der Waals surface area contributed by atoms with E-state index in [1.54, 1.807) is 37.5 Å². The summed E-state index contributed by atoms with van der Waals surface area (Å²) < 4.78 is 26.3. The Labute approximate surface area is 94.4 Å². The van der Waals surface area contributed by atoms with E-state index in [9.17, 15) is 8.42 Å². The van der Waals surface area contributed by atoms with Crippen LogP contribution in [-0.2, 0) is 10.0 Å². The van der Waals surface area contributed by atoms with Crippen molar-refractivity contribution in [2.24, 2.45) is 0 Å². The van der Waals surface area contributed by atoms with Crippen LogP contribution in [0.2, 0.25) is 0 Å². The fourth-order valence-electron chi connectivity index (χ4n) is 1.59. The van der Waals surface area contributed by atoms with Crippen molar-refractivity contribution in [1.29, 1.82) is 0 Å². The van der Waals surface area contributed by atoms with E-state index in [1.807, 2.05) is 6.07 Å². The molecule has 4 nitrogen and oxygen atoms in total. The highest BCUT2D eigenvalue weighted by Gasteiger charge is 2.15. The molecule has 0 atom stereocenters. The number of nitrogens with one attached hydrogen (secondary N) is 1. The van der Waals surface area contributed by atoms with Crippen molar-refractivity contribution >= 4 is 20.8 Å². The first-order chi connectivity index (χ1) is 7.65. The quantitative estimate of drug-likeness (QED) is 0.879. The van der Waals surface area contributed by atoms with Crippen LogP contribution >= 0.6 is 0 Å². The molecule has 0 aliphatic carbocycles. The van der Waals surface area contributed by atoms with Crippen LogP contribution in [0.25, 0.3) is 10.8 Å². The van der Waals surface area contributed by atoms with Crippen LogP contribution in [0.15, 0.2) is 41.6 Å². The van der Waals surface area contributed by atoms with Gasteiger partial charge in [0, 0.05) is 24.3 Å². The topological polar surface area (TPSA) is 59.1 Å². The summed E-state index contributed by atoms with van der Waals surface area (Å²) in [6.45, 7) is 2.12. The van der Waals surface area contributed by atoms with Gasteiger partial charge in [0.15, 0.2) is 0 Å². The molecule has 1 aromatic carbocycles. The lowest BCUT2D eigenvalue weighted by Gasteiger charge is -2.07. The number of pyridine rings is 1. The molecule has 0 amide bonds. The van der Waals surface area contributed by atoms with E-state index in [0.29, 0.717) is 11.9 Å². The molecule has 1 heterocycles. The molecule has 0 aliphatic rings. The van der Waals surface area contributed by atoms with Gasteiger partial charge in [-0.25, -0.2) is 13.1 Å². The number of rotatable bonds is 3. The first-order valence-corrected chi connectivity index (χ1v) is 6.46. The Morgan fingerprint density at radius 2 is 2.12 bits per heavy atom. The summed E-state index contributed by atoms with van der Waals surface area (Å²) in [5.41, 5.74) is 0.